The molecule has 0 saturated carbocycles. The number of halogens is 3. The van der Waals surface area contributed by atoms with Crippen molar-refractivity contribution in [3.8, 4) is 0 Å². The number of hydrogen-bond acceptors (Lipinski definition) is 5. The molecule has 1 aromatic heterocycles. The first-order valence-corrected chi connectivity index (χ1v) is 10.9. The number of carbonyl (C=O) groups is 1. The number of nitrogens with one attached hydrogen (secondary N) is 2. The quantitative estimate of drug-likeness (QED) is 0.660. The summed E-state index contributed by atoms with van der Waals surface area (Å²) in [6, 6.07) is 5.00. The van der Waals surface area contributed by atoms with Crippen molar-refractivity contribution in [2.75, 3.05) is 44.7 Å². The molecule has 1 fully saturated rings. The van der Waals surface area contributed by atoms with Crippen molar-refractivity contribution < 1.29 is 22.7 Å². The lowest BCUT2D eigenvalue weighted by Crippen LogP contribution is -2.38. The highest BCUT2D eigenvalue weighted by Crippen LogP contribution is 2.44. The van der Waals surface area contributed by atoms with E-state index < -0.39 is 24.2 Å². The third-order valence-electron chi connectivity index (χ3n) is 6.00. The van der Waals surface area contributed by atoms with Crippen molar-refractivity contribution in [3.05, 3.63) is 47.2 Å². The van der Waals surface area contributed by atoms with E-state index in [1.54, 1.807) is 0 Å². The fraction of sp³-hybridized carbons (Fsp3) is 0.545. The van der Waals surface area contributed by atoms with Crippen molar-refractivity contribution in [1.82, 2.24) is 20.0 Å². The van der Waals surface area contributed by atoms with Crippen LogP contribution in [-0.2, 0) is 4.74 Å². The number of fused-ring (bicyclic) bond motifs is 1. The summed E-state index contributed by atoms with van der Waals surface area (Å²) in [4.78, 5) is 15.0. The van der Waals surface area contributed by atoms with E-state index in [0.29, 0.717) is 19.8 Å². The van der Waals surface area contributed by atoms with Gasteiger partial charge in [0, 0.05) is 26.1 Å². The Bertz CT molecular complexity index is 923. The normalized spacial score (nSPS) is 21.6. The molecule has 174 valence electrons. The van der Waals surface area contributed by atoms with Crippen LogP contribution in [-0.4, -0.2) is 66.2 Å². The molecule has 10 heteroatoms. The van der Waals surface area contributed by atoms with Gasteiger partial charge in [-0.3, -0.25) is 9.69 Å². The lowest BCUT2D eigenvalue weighted by atomic mass is 9.96. The summed E-state index contributed by atoms with van der Waals surface area (Å²) < 4.78 is 47.6. The maximum absolute atomic E-state index is 13.8. The number of aryl methyl sites for hydroxylation is 1. The van der Waals surface area contributed by atoms with Crippen LogP contribution in [0.4, 0.5) is 19.0 Å². The standard InChI is InChI=1S/C22H28F3N5O2/c1-15-3-5-16(6-4-15)18-13-19(22(23,24)25)30-20(28-18)17(14-27-30)21(31)26-7-2-8-29-9-11-32-12-10-29/h3-6,14,18-19,28H,2,7-13H2,1H3,(H,26,31)/t18-,19-/m1/s1. The fourth-order valence-electron chi connectivity index (χ4n) is 4.17. The fourth-order valence-corrected chi connectivity index (χ4v) is 4.17. The van der Waals surface area contributed by atoms with Gasteiger partial charge in [0.05, 0.1) is 25.5 Å². The van der Waals surface area contributed by atoms with E-state index in [1.165, 1.54) is 6.20 Å². The topological polar surface area (TPSA) is 71.4 Å². The van der Waals surface area contributed by atoms with Gasteiger partial charge in [0.2, 0.25) is 0 Å². The summed E-state index contributed by atoms with van der Waals surface area (Å²) in [5.74, 6) is -0.318. The number of anilines is 1. The van der Waals surface area contributed by atoms with Crippen molar-refractivity contribution in [3.63, 3.8) is 0 Å². The number of amides is 1. The third-order valence-corrected chi connectivity index (χ3v) is 6.00. The lowest BCUT2D eigenvalue weighted by Gasteiger charge is -2.34. The van der Waals surface area contributed by atoms with Gasteiger partial charge < -0.3 is 15.4 Å². The number of morpholine rings is 1. The van der Waals surface area contributed by atoms with Crippen LogP contribution in [0.3, 0.4) is 0 Å². The number of hydrogen-bond donors (Lipinski definition) is 2. The van der Waals surface area contributed by atoms with Gasteiger partial charge in [0.1, 0.15) is 11.4 Å². The number of carbonyl (C=O) groups excluding carboxylic acids is 1. The molecule has 2 atom stereocenters. The van der Waals surface area contributed by atoms with Crippen molar-refractivity contribution in [2.24, 2.45) is 0 Å². The van der Waals surface area contributed by atoms with Crippen LogP contribution in [0.5, 0.6) is 0 Å². The van der Waals surface area contributed by atoms with Gasteiger partial charge in [0.25, 0.3) is 5.91 Å². The first kappa shape index (κ1) is 22.6. The Morgan fingerprint density at radius 2 is 1.97 bits per heavy atom. The van der Waals surface area contributed by atoms with Gasteiger partial charge in [-0.1, -0.05) is 29.8 Å². The van der Waals surface area contributed by atoms with Gasteiger partial charge in [-0.2, -0.15) is 18.3 Å². The molecule has 0 bridgehead atoms. The summed E-state index contributed by atoms with van der Waals surface area (Å²) in [5, 5.41) is 9.86. The summed E-state index contributed by atoms with van der Waals surface area (Å²) >= 11 is 0. The van der Waals surface area contributed by atoms with E-state index in [9.17, 15) is 18.0 Å². The number of nitrogens with zero attached hydrogens (tertiary/aromatic N) is 3. The molecule has 0 spiro atoms. The molecule has 4 rings (SSSR count). The average Bonchev–Trinajstić information content (AvgIpc) is 3.20. The number of ether oxygens (including phenoxy) is 1. The molecule has 2 N–H and O–H groups in total. The number of alkyl halides is 3. The summed E-state index contributed by atoms with van der Waals surface area (Å²) in [5.41, 5.74) is 1.90. The van der Waals surface area contributed by atoms with E-state index in [1.807, 2.05) is 31.2 Å². The number of rotatable bonds is 6. The molecule has 1 saturated heterocycles. The van der Waals surface area contributed by atoms with Crippen molar-refractivity contribution >= 4 is 11.7 Å². The molecule has 1 aromatic carbocycles. The smallest absolute Gasteiger partial charge is 0.379 e. The molecule has 0 unspecified atom stereocenters. The monoisotopic (exact) mass is 451 g/mol. The maximum Gasteiger partial charge on any atom is 0.410 e. The second-order valence-electron chi connectivity index (χ2n) is 8.32. The largest absolute Gasteiger partial charge is 0.410 e. The van der Waals surface area contributed by atoms with Crippen LogP contribution < -0.4 is 10.6 Å². The van der Waals surface area contributed by atoms with E-state index >= 15 is 0 Å². The minimum absolute atomic E-state index is 0.106. The van der Waals surface area contributed by atoms with Gasteiger partial charge in [-0.15, -0.1) is 0 Å². The summed E-state index contributed by atoms with van der Waals surface area (Å²) in [7, 11) is 0. The number of aromatic nitrogens is 2. The Hall–Kier alpha value is -2.59. The molecule has 7 nitrogen and oxygen atoms in total. The third kappa shape index (κ3) is 5.07. The Balaban J connectivity index is 1.46. The predicted octanol–water partition coefficient (Wildman–Crippen LogP) is 3.30. The zero-order chi connectivity index (χ0) is 22.7. The first-order chi connectivity index (χ1) is 15.3. The van der Waals surface area contributed by atoms with Crippen LogP contribution in [0.2, 0.25) is 0 Å². The van der Waals surface area contributed by atoms with Crippen molar-refractivity contribution in [2.45, 2.75) is 38.0 Å². The van der Waals surface area contributed by atoms with Crippen LogP contribution in [0.1, 0.15) is 46.4 Å². The minimum atomic E-state index is -4.47. The van der Waals surface area contributed by atoms with Crippen LogP contribution in [0.25, 0.3) is 0 Å². The maximum atomic E-state index is 13.8. The van der Waals surface area contributed by atoms with Gasteiger partial charge >= 0.3 is 6.18 Å². The highest BCUT2D eigenvalue weighted by Gasteiger charge is 2.47. The Kier molecular flexibility index (Phi) is 6.71. The molecular formula is C22H28F3N5O2. The van der Waals surface area contributed by atoms with Gasteiger partial charge in [-0.25, -0.2) is 4.68 Å². The van der Waals surface area contributed by atoms with Crippen molar-refractivity contribution in [1.29, 1.82) is 0 Å². The molecular weight excluding hydrogens is 423 g/mol. The van der Waals surface area contributed by atoms with E-state index in [0.717, 1.165) is 41.9 Å². The van der Waals surface area contributed by atoms with E-state index in [2.05, 4.69) is 20.6 Å². The second-order valence-corrected chi connectivity index (χ2v) is 8.32. The summed E-state index contributed by atoms with van der Waals surface area (Å²) in [6.07, 6.45) is -2.70. The highest BCUT2D eigenvalue weighted by atomic mass is 19.4. The zero-order valence-electron chi connectivity index (χ0n) is 18.0. The molecule has 0 aliphatic carbocycles. The van der Waals surface area contributed by atoms with Crippen LogP contribution in [0.15, 0.2) is 30.5 Å². The Morgan fingerprint density at radius 1 is 1.25 bits per heavy atom. The lowest BCUT2D eigenvalue weighted by molar-refractivity contribution is -0.173. The summed E-state index contributed by atoms with van der Waals surface area (Å²) in [6.45, 7) is 6.35. The molecule has 1 amide bonds. The molecule has 2 aromatic rings. The molecule has 3 heterocycles. The minimum Gasteiger partial charge on any atom is -0.379 e. The van der Waals surface area contributed by atoms with Gasteiger partial charge in [0.15, 0.2) is 6.04 Å². The SMILES string of the molecule is Cc1ccc([C@H]2C[C@H](C(F)(F)F)n3ncc(C(=O)NCCCN4CCOCC4)c3N2)cc1. The average molecular weight is 451 g/mol. The Morgan fingerprint density at radius 3 is 2.66 bits per heavy atom. The second kappa shape index (κ2) is 9.50. The molecule has 2 aliphatic heterocycles. The van der Waals surface area contributed by atoms with Crippen LogP contribution in [0, 0.1) is 6.92 Å². The molecule has 2 aliphatic rings. The Labute approximate surface area is 184 Å². The number of benzene rings is 1. The zero-order valence-corrected chi connectivity index (χ0v) is 18.0. The van der Waals surface area contributed by atoms with Crippen LogP contribution >= 0.6 is 0 Å². The molecule has 32 heavy (non-hydrogen) atoms. The predicted molar refractivity (Wildman–Crippen MR) is 114 cm³/mol. The highest BCUT2D eigenvalue weighted by molar-refractivity contribution is 5.98. The first-order valence-electron chi connectivity index (χ1n) is 10.9. The molecule has 0 radical (unpaired) electrons. The van der Waals surface area contributed by atoms with E-state index in [4.69, 9.17) is 4.74 Å². The van der Waals surface area contributed by atoms with E-state index in [-0.39, 0.29) is 17.8 Å². The van der Waals surface area contributed by atoms with Gasteiger partial charge in [-0.05, 0) is 25.5 Å².